The van der Waals surface area contributed by atoms with E-state index < -0.39 is 0 Å². The van der Waals surface area contributed by atoms with Crippen LogP contribution < -0.4 is 10.2 Å². The number of anilines is 1. The van der Waals surface area contributed by atoms with Crippen LogP contribution in [-0.4, -0.2) is 42.4 Å². The largest absolute Gasteiger partial charge is 0.338 e. The maximum atomic E-state index is 12.6. The molecule has 0 radical (unpaired) electrons. The second-order valence-electron chi connectivity index (χ2n) is 6.92. The molecule has 4 amide bonds. The molecule has 0 spiro atoms. The summed E-state index contributed by atoms with van der Waals surface area (Å²) in [5.74, 6) is -0.554. The Morgan fingerprint density at radius 3 is 2.71 bits per heavy atom. The molecule has 2 heterocycles. The Morgan fingerprint density at radius 2 is 1.86 bits per heavy atom. The maximum absolute atomic E-state index is 12.6. The van der Waals surface area contributed by atoms with Crippen molar-refractivity contribution in [3.8, 4) is 0 Å². The number of hydrogen-bond acceptors (Lipinski definition) is 3. The number of carbonyl (C=O) groups excluding carboxylic acids is 3. The number of imide groups is 1. The molecule has 0 saturated heterocycles. The lowest BCUT2D eigenvalue weighted by molar-refractivity contribution is 0.0653. The fourth-order valence-electron chi connectivity index (χ4n) is 3.74. The summed E-state index contributed by atoms with van der Waals surface area (Å²) in [5.41, 5.74) is 2.99. The third-order valence-electron chi connectivity index (χ3n) is 5.12. The van der Waals surface area contributed by atoms with E-state index >= 15 is 0 Å². The van der Waals surface area contributed by atoms with Gasteiger partial charge >= 0.3 is 6.03 Å². The van der Waals surface area contributed by atoms with Crippen LogP contribution in [0.2, 0.25) is 0 Å². The monoisotopic (exact) mass is 441 g/mol. The Balaban J connectivity index is 1.32. The molecule has 0 aliphatic carbocycles. The summed E-state index contributed by atoms with van der Waals surface area (Å²) in [4.78, 5) is 40.5. The van der Waals surface area contributed by atoms with Crippen molar-refractivity contribution in [3.63, 3.8) is 0 Å². The first-order chi connectivity index (χ1) is 13.6. The van der Waals surface area contributed by atoms with E-state index in [0.29, 0.717) is 30.6 Å². The molecule has 2 aromatic rings. The standard InChI is InChI=1S/C21H20BrN3O3/c22-15-8-9-16-17(13-15)20(27)25(19(16)26)12-4-10-23-21(28)24-11-3-6-14-5-1-2-7-18(14)24/h1-2,5,7-9,13H,3-4,6,10-12H2,(H,23,28). The molecule has 28 heavy (non-hydrogen) atoms. The summed E-state index contributed by atoms with van der Waals surface area (Å²) in [5, 5.41) is 2.91. The van der Waals surface area contributed by atoms with Crippen molar-refractivity contribution in [2.75, 3.05) is 24.5 Å². The first-order valence-corrected chi connectivity index (χ1v) is 10.1. The number of rotatable bonds is 4. The Hall–Kier alpha value is -2.67. The molecule has 1 N–H and O–H groups in total. The molecule has 0 atom stereocenters. The van der Waals surface area contributed by atoms with Crippen LogP contribution in [0.4, 0.5) is 10.5 Å². The molecule has 0 aromatic heterocycles. The number of halogens is 1. The van der Waals surface area contributed by atoms with Crippen LogP contribution in [0.25, 0.3) is 0 Å². The molecule has 144 valence electrons. The summed E-state index contributed by atoms with van der Waals surface area (Å²) in [7, 11) is 0. The van der Waals surface area contributed by atoms with Crippen molar-refractivity contribution >= 4 is 39.5 Å². The van der Waals surface area contributed by atoms with E-state index in [1.807, 2.05) is 18.2 Å². The second-order valence-corrected chi connectivity index (χ2v) is 7.84. The van der Waals surface area contributed by atoms with Gasteiger partial charge in [0.05, 0.1) is 11.1 Å². The van der Waals surface area contributed by atoms with Gasteiger partial charge in [-0.15, -0.1) is 0 Å². The van der Waals surface area contributed by atoms with Gasteiger partial charge in [-0.3, -0.25) is 19.4 Å². The van der Waals surface area contributed by atoms with E-state index in [4.69, 9.17) is 0 Å². The van der Waals surface area contributed by atoms with Crippen molar-refractivity contribution < 1.29 is 14.4 Å². The number of benzene rings is 2. The summed E-state index contributed by atoms with van der Waals surface area (Å²) in [6, 6.07) is 12.9. The van der Waals surface area contributed by atoms with Gasteiger partial charge in [0.2, 0.25) is 0 Å². The van der Waals surface area contributed by atoms with Crippen molar-refractivity contribution in [1.29, 1.82) is 0 Å². The SMILES string of the molecule is O=C1c2ccc(Br)cc2C(=O)N1CCCNC(=O)N1CCCc2ccccc21. The highest BCUT2D eigenvalue weighted by Gasteiger charge is 2.35. The van der Waals surface area contributed by atoms with E-state index in [1.165, 1.54) is 10.5 Å². The van der Waals surface area contributed by atoms with Crippen LogP contribution in [0.5, 0.6) is 0 Å². The molecule has 2 aromatic carbocycles. The molecular formula is C21H20BrN3O3. The topological polar surface area (TPSA) is 69.7 Å². The summed E-state index contributed by atoms with van der Waals surface area (Å²) in [6.45, 7) is 1.37. The number of aryl methyl sites for hydroxylation is 1. The van der Waals surface area contributed by atoms with E-state index in [0.717, 1.165) is 23.0 Å². The number of nitrogens with one attached hydrogen (secondary N) is 1. The number of nitrogens with zero attached hydrogens (tertiary/aromatic N) is 2. The minimum absolute atomic E-state index is 0.140. The van der Waals surface area contributed by atoms with Crippen LogP contribution in [0, 0.1) is 0 Å². The fourth-order valence-corrected chi connectivity index (χ4v) is 4.10. The van der Waals surface area contributed by atoms with Crippen LogP contribution >= 0.6 is 15.9 Å². The lowest BCUT2D eigenvalue weighted by atomic mass is 10.0. The van der Waals surface area contributed by atoms with Crippen molar-refractivity contribution in [3.05, 3.63) is 63.6 Å². The number of amides is 4. The van der Waals surface area contributed by atoms with Crippen molar-refractivity contribution in [2.45, 2.75) is 19.3 Å². The summed E-state index contributed by atoms with van der Waals surface area (Å²) in [6.07, 6.45) is 2.43. The third-order valence-corrected chi connectivity index (χ3v) is 5.62. The van der Waals surface area contributed by atoms with Crippen LogP contribution in [0.1, 0.15) is 39.1 Å². The highest BCUT2D eigenvalue weighted by Crippen LogP contribution is 2.27. The lowest BCUT2D eigenvalue weighted by Crippen LogP contribution is -2.43. The smallest absolute Gasteiger partial charge is 0.321 e. The van der Waals surface area contributed by atoms with Gasteiger partial charge in [0.25, 0.3) is 11.8 Å². The van der Waals surface area contributed by atoms with E-state index in [2.05, 4.69) is 27.3 Å². The Kier molecular flexibility index (Phi) is 5.17. The molecule has 7 heteroatoms. The maximum Gasteiger partial charge on any atom is 0.321 e. The van der Waals surface area contributed by atoms with E-state index in [1.54, 1.807) is 23.1 Å². The van der Waals surface area contributed by atoms with Crippen molar-refractivity contribution in [2.24, 2.45) is 0 Å². The summed E-state index contributed by atoms with van der Waals surface area (Å²) >= 11 is 3.33. The zero-order valence-electron chi connectivity index (χ0n) is 15.3. The highest BCUT2D eigenvalue weighted by molar-refractivity contribution is 9.10. The van der Waals surface area contributed by atoms with Gasteiger partial charge in [-0.25, -0.2) is 4.79 Å². The first kappa shape index (κ1) is 18.7. The minimum atomic E-state index is -0.280. The highest BCUT2D eigenvalue weighted by atomic mass is 79.9. The van der Waals surface area contributed by atoms with Gasteiger partial charge in [0.15, 0.2) is 0 Å². The van der Waals surface area contributed by atoms with E-state index in [9.17, 15) is 14.4 Å². The Bertz CT molecular complexity index is 960. The Labute approximate surface area is 171 Å². The number of carbonyl (C=O) groups is 3. The molecule has 0 fully saturated rings. The molecular weight excluding hydrogens is 422 g/mol. The van der Waals surface area contributed by atoms with Crippen LogP contribution in [0.15, 0.2) is 46.9 Å². The quantitative estimate of drug-likeness (QED) is 0.581. The lowest BCUT2D eigenvalue weighted by Gasteiger charge is -2.29. The second kappa shape index (κ2) is 7.75. The minimum Gasteiger partial charge on any atom is -0.338 e. The fraction of sp³-hybridized carbons (Fsp3) is 0.286. The number of para-hydroxylation sites is 1. The number of fused-ring (bicyclic) bond motifs is 2. The van der Waals surface area contributed by atoms with Gasteiger partial charge < -0.3 is 5.32 Å². The molecule has 4 rings (SSSR count). The zero-order chi connectivity index (χ0) is 19.7. The van der Waals surface area contributed by atoms with Gasteiger partial charge in [0, 0.05) is 29.8 Å². The van der Waals surface area contributed by atoms with Crippen LogP contribution in [-0.2, 0) is 6.42 Å². The molecule has 2 aliphatic rings. The predicted molar refractivity (Wildman–Crippen MR) is 110 cm³/mol. The average Bonchev–Trinajstić information content (AvgIpc) is 2.94. The normalized spacial score (nSPS) is 15.5. The summed E-state index contributed by atoms with van der Waals surface area (Å²) < 4.78 is 0.767. The molecule has 2 aliphatic heterocycles. The van der Waals surface area contributed by atoms with Gasteiger partial charge in [0.1, 0.15) is 0 Å². The van der Waals surface area contributed by atoms with E-state index in [-0.39, 0.29) is 24.4 Å². The molecule has 6 nitrogen and oxygen atoms in total. The van der Waals surface area contributed by atoms with Crippen molar-refractivity contribution in [1.82, 2.24) is 10.2 Å². The molecule has 0 bridgehead atoms. The van der Waals surface area contributed by atoms with Gasteiger partial charge in [-0.05, 0) is 49.1 Å². The Morgan fingerprint density at radius 1 is 1.07 bits per heavy atom. The number of urea groups is 1. The van der Waals surface area contributed by atoms with Crippen LogP contribution in [0.3, 0.4) is 0 Å². The zero-order valence-corrected chi connectivity index (χ0v) is 16.9. The number of hydrogen-bond donors (Lipinski definition) is 1. The predicted octanol–water partition coefficient (Wildman–Crippen LogP) is 3.60. The molecule has 0 saturated carbocycles. The van der Waals surface area contributed by atoms with Gasteiger partial charge in [-0.2, -0.15) is 0 Å². The third kappa shape index (κ3) is 3.42. The van der Waals surface area contributed by atoms with Gasteiger partial charge in [-0.1, -0.05) is 34.1 Å². The first-order valence-electron chi connectivity index (χ1n) is 9.35. The molecule has 0 unspecified atom stereocenters. The average molecular weight is 442 g/mol.